The molecule has 11 aromatic rings. The van der Waals surface area contributed by atoms with E-state index in [0.717, 1.165) is 66.8 Å². The van der Waals surface area contributed by atoms with Gasteiger partial charge in [-0.15, -0.1) is 23.8 Å². The van der Waals surface area contributed by atoms with Crippen LogP contribution in [0.2, 0.25) is 0 Å². The molecular formula is C61H42N3OPt-. The number of nitrogens with zero attached hydrogens (tertiary/aromatic N) is 3. The Morgan fingerprint density at radius 3 is 1.65 bits per heavy atom. The fourth-order valence-electron chi connectivity index (χ4n) is 8.78. The molecule has 0 saturated carbocycles. The number of rotatable bonds is 9. The molecule has 9 aromatic carbocycles. The predicted octanol–water partition coefficient (Wildman–Crippen LogP) is 15.6. The molecule has 1 N–H and O–H groups in total. The van der Waals surface area contributed by atoms with E-state index in [9.17, 15) is 5.11 Å². The van der Waals surface area contributed by atoms with Gasteiger partial charge >= 0.3 is 0 Å². The van der Waals surface area contributed by atoms with E-state index in [-0.39, 0.29) is 32.4 Å². The number of aryl methyl sites for hydroxylation is 1. The van der Waals surface area contributed by atoms with E-state index in [4.69, 9.17) is 14.1 Å². The Labute approximate surface area is 403 Å². The van der Waals surface area contributed by atoms with Gasteiger partial charge < -0.3 is 5.11 Å². The number of phenolic OH excluding ortho intramolecular Hbond substituents is 1. The summed E-state index contributed by atoms with van der Waals surface area (Å²) in [6.45, 7) is -2.42. The molecule has 0 atom stereocenters. The molecule has 0 bridgehead atoms. The van der Waals surface area contributed by atoms with Crippen molar-refractivity contribution in [2.24, 2.45) is 0 Å². The third-order valence-electron chi connectivity index (χ3n) is 12.0. The molecule has 5 heteroatoms. The normalized spacial score (nSPS) is 11.9. The Morgan fingerprint density at radius 1 is 0.455 bits per heavy atom. The summed E-state index contributed by atoms with van der Waals surface area (Å²) in [5.74, 6) is 0.560. The topological polar surface area (TPSA) is 50.9 Å². The van der Waals surface area contributed by atoms with Crippen LogP contribution in [-0.2, 0) is 21.1 Å². The average Bonchev–Trinajstić information content (AvgIpc) is 3.78. The maximum absolute atomic E-state index is 11.6. The number of para-hydroxylation sites is 2. The van der Waals surface area contributed by atoms with E-state index < -0.39 is 6.85 Å². The van der Waals surface area contributed by atoms with Crippen molar-refractivity contribution in [2.75, 3.05) is 0 Å². The average molecular weight is 1030 g/mol. The molecule has 0 fully saturated rings. The number of phenols is 1. The van der Waals surface area contributed by atoms with Gasteiger partial charge in [-0.3, -0.25) is 9.55 Å². The number of pyridine rings is 1. The summed E-state index contributed by atoms with van der Waals surface area (Å²) in [6.07, 6.45) is 1.85. The molecule has 4 nitrogen and oxygen atoms in total. The number of imidazole rings is 1. The third-order valence-corrected chi connectivity index (χ3v) is 12.0. The predicted molar refractivity (Wildman–Crippen MR) is 268 cm³/mol. The molecule has 66 heavy (non-hydrogen) atoms. The van der Waals surface area contributed by atoms with Crippen molar-refractivity contribution in [3.05, 3.63) is 242 Å². The van der Waals surface area contributed by atoms with Gasteiger partial charge in [0, 0.05) is 42.6 Å². The summed E-state index contributed by atoms with van der Waals surface area (Å²) >= 11 is 0. The molecule has 0 saturated heterocycles. The fourth-order valence-corrected chi connectivity index (χ4v) is 8.78. The van der Waals surface area contributed by atoms with Crippen molar-refractivity contribution < 1.29 is 30.3 Å². The van der Waals surface area contributed by atoms with Crippen LogP contribution in [0.5, 0.6) is 5.75 Å². The minimum Gasteiger partial charge on any atom is -0.507 e. The monoisotopic (exact) mass is 1030 g/mol. The molecule has 0 spiro atoms. The van der Waals surface area contributed by atoms with Crippen LogP contribution in [0.15, 0.2) is 231 Å². The molecule has 2 heterocycles. The van der Waals surface area contributed by atoms with Crippen LogP contribution in [-0.4, -0.2) is 19.6 Å². The Kier molecular flexibility index (Phi) is 10.7. The van der Waals surface area contributed by atoms with Crippen LogP contribution >= 0.6 is 0 Å². The molecular weight excluding hydrogens is 986 g/mol. The SMILES string of the molecule is [2H]C([2H])([2H])c1cc(-c2ccccc2)c(-n2c(-c3ccccc3O)nc3c(-c4[c-]c(-c5cc(-c6ccc(-c7ccccc7)cc6)ccn5)cc(-c5ccccc5)c4)cccc32)cc1-c1ccccc1.[Pt]. The summed E-state index contributed by atoms with van der Waals surface area (Å²) in [4.78, 5) is 10.4. The first-order chi connectivity index (χ1) is 33.3. The van der Waals surface area contributed by atoms with Crippen LogP contribution in [0.3, 0.4) is 0 Å². The van der Waals surface area contributed by atoms with Crippen LogP contribution in [0, 0.1) is 12.9 Å². The van der Waals surface area contributed by atoms with E-state index in [0.29, 0.717) is 33.7 Å². The standard InChI is InChI=1S/C61H42N3O.Pt/c1-41-35-55(47-23-12-5-13-24-47)58(40-54(41)46-21-10-4-11-22-46)64-57-27-16-26-52(60(57)63-61(64)53-25-14-15-28-59(53)65)50-36-49(43-19-8-3-9-20-43)37-51(38-50)56-39-48(33-34-62-56)45-31-29-44(30-32-45)42-17-6-2-7-18-42;/h2-37,39-40,65H,1H3;/q-1;/i1D3;. The summed E-state index contributed by atoms with van der Waals surface area (Å²) in [5.41, 5.74) is 15.5. The number of fused-ring (bicyclic) bond motifs is 1. The van der Waals surface area contributed by atoms with Crippen LogP contribution < -0.4 is 0 Å². The number of aromatic hydroxyl groups is 1. The Bertz CT molecular complexity index is 3600. The molecule has 2 aromatic heterocycles. The second kappa shape index (κ2) is 18.3. The Hall–Kier alpha value is -7.91. The molecule has 11 rings (SSSR count). The first-order valence-corrected chi connectivity index (χ1v) is 21.6. The van der Waals surface area contributed by atoms with Crippen molar-refractivity contribution in [1.82, 2.24) is 14.5 Å². The summed E-state index contributed by atoms with van der Waals surface area (Å²) in [6, 6.07) is 78.0. The number of hydrogen-bond donors (Lipinski definition) is 1. The van der Waals surface area contributed by atoms with Gasteiger partial charge in [-0.25, -0.2) is 4.98 Å². The zero-order valence-corrected chi connectivity index (χ0v) is 37.8. The molecule has 0 unspecified atom stereocenters. The second-order valence-corrected chi connectivity index (χ2v) is 16.0. The summed E-state index contributed by atoms with van der Waals surface area (Å²) in [5, 5.41) is 11.6. The molecule has 0 aliphatic heterocycles. The molecule has 0 radical (unpaired) electrons. The van der Waals surface area contributed by atoms with E-state index in [1.165, 1.54) is 5.56 Å². The first kappa shape index (κ1) is 38.5. The number of aromatic nitrogens is 3. The number of hydrogen-bond acceptors (Lipinski definition) is 3. The molecule has 0 amide bonds. The van der Waals surface area contributed by atoms with Gasteiger partial charge in [0.1, 0.15) is 11.6 Å². The Morgan fingerprint density at radius 2 is 1.00 bits per heavy atom. The van der Waals surface area contributed by atoms with Gasteiger partial charge in [0.15, 0.2) is 0 Å². The van der Waals surface area contributed by atoms with E-state index in [1.54, 1.807) is 18.2 Å². The zero-order chi connectivity index (χ0) is 46.2. The smallest absolute Gasteiger partial charge is 0.148 e. The third kappa shape index (κ3) is 8.09. The zero-order valence-electron chi connectivity index (χ0n) is 38.5. The maximum Gasteiger partial charge on any atom is 0.148 e. The van der Waals surface area contributed by atoms with Crippen LogP contribution in [0.4, 0.5) is 0 Å². The van der Waals surface area contributed by atoms with Crippen molar-refractivity contribution >= 4 is 11.0 Å². The van der Waals surface area contributed by atoms with Crippen LogP contribution in [0.1, 0.15) is 9.68 Å². The van der Waals surface area contributed by atoms with E-state index in [1.807, 2.05) is 128 Å². The van der Waals surface area contributed by atoms with Crippen molar-refractivity contribution in [3.63, 3.8) is 0 Å². The van der Waals surface area contributed by atoms with Gasteiger partial charge in [-0.05, 0) is 93.3 Å². The minimum atomic E-state index is -2.42. The van der Waals surface area contributed by atoms with Crippen LogP contribution in [0.25, 0.3) is 106 Å². The van der Waals surface area contributed by atoms with Gasteiger partial charge in [-0.1, -0.05) is 193 Å². The summed E-state index contributed by atoms with van der Waals surface area (Å²) in [7, 11) is 0. The Balaban J connectivity index is 0.00000553. The fraction of sp³-hybridized carbons (Fsp3) is 0.0164. The van der Waals surface area contributed by atoms with Gasteiger partial charge in [0.2, 0.25) is 0 Å². The van der Waals surface area contributed by atoms with Crippen molar-refractivity contribution in [3.8, 4) is 101 Å². The van der Waals surface area contributed by atoms with Gasteiger partial charge in [0.25, 0.3) is 0 Å². The molecule has 0 aliphatic carbocycles. The second-order valence-electron chi connectivity index (χ2n) is 16.0. The largest absolute Gasteiger partial charge is 0.507 e. The quantitative estimate of drug-likeness (QED) is 0.147. The van der Waals surface area contributed by atoms with Gasteiger partial charge in [-0.2, -0.15) is 0 Å². The molecule has 0 aliphatic rings. The minimum absolute atomic E-state index is 0. The van der Waals surface area contributed by atoms with Crippen molar-refractivity contribution in [1.29, 1.82) is 0 Å². The first-order valence-electron chi connectivity index (χ1n) is 23.1. The van der Waals surface area contributed by atoms with Crippen molar-refractivity contribution in [2.45, 2.75) is 6.85 Å². The van der Waals surface area contributed by atoms with E-state index >= 15 is 0 Å². The maximum atomic E-state index is 11.6. The van der Waals surface area contributed by atoms with E-state index in [2.05, 4.69) is 95.6 Å². The summed E-state index contributed by atoms with van der Waals surface area (Å²) < 4.78 is 28.3. The molecule has 318 valence electrons. The number of benzene rings is 9. The van der Waals surface area contributed by atoms with Gasteiger partial charge in [0.05, 0.1) is 22.3 Å².